The molecule has 0 saturated carbocycles. The second-order valence-corrected chi connectivity index (χ2v) is 9.66. The van der Waals surface area contributed by atoms with E-state index in [4.69, 9.17) is 4.74 Å². The lowest BCUT2D eigenvalue weighted by atomic mass is 10.0. The van der Waals surface area contributed by atoms with Crippen molar-refractivity contribution in [2.45, 2.75) is 64.1 Å². The summed E-state index contributed by atoms with van der Waals surface area (Å²) in [6, 6.07) is 4.13. The number of hydrogen-bond donors (Lipinski definition) is 1. The number of sulfonamides is 1. The van der Waals surface area contributed by atoms with E-state index in [1.165, 1.54) is 0 Å². The van der Waals surface area contributed by atoms with Crippen molar-refractivity contribution in [1.29, 1.82) is 0 Å². The van der Waals surface area contributed by atoms with Gasteiger partial charge in [-0.25, -0.2) is 13.1 Å². The smallest absolute Gasteiger partial charge is 0.241 e. The van der Waals surface area contributed by atoms with Gasteiger partial charge in [0.15, 0.2) is 0 Å². The Morgan fingerprint density at radius 2 is 1.80 bits per heavy atom. The summed E-state index contributed by atoms with van der Waals surface area (Å²) in [6.07, 6.45) is 1.06. The van der Waals surface area contributed by atoms with Gasteiger partial charge in [-0.05, 0) is 44.2 Å². The molecule has 0 spiro atoms. The van der Waals surface area contributed by atoms with Crippen LogP contribution in [-0.4, -0.2) is 51.2 Å². The molecule has 2 aliphatic rings. The van der Waals surface area contributed by atoms with E-state index in [0.29, 0.717) is 23.5 Å². The van der Waals surface area contributed by atoms with Crippen LogP contribution in [0.25, 0.3) is 0 Å². The Kier molecular flexibility index (Phi) is 5.26. The number of nitrogens with one attached hydrogen (secondary N) is 1. The fourth-order valence-electron chi connectivity index (χ4n) is 4.26. The molecule has 0 amide bonds. The molecule has 2 saturated heterocycles. The predicted molar refractivity (Wildman–Crippen MR) is 99.3 cm³/mol. The summed E-state index contributed by atoms with van der Waals surface area (Å²) in [7, 11) is -3.51. The van der Waals surface area contributed by atoms with Crippen LogP contribution in [0.15, 0.2) is 17.0 Å². The number of ether oxygens (including phenoxy) is 1. The summed E-state index contributed by atoms with van der Waals surface area (Å²) in [5.74, 6) is 0.481. The van der Waals surface area contributed by atoms with Crippen molar-refractivity contribution in [1.82, 2.24) is 9.62 Å². The van der Waals surface area contributed by atoms with E-state index in [1.54, 1.807) is 0 Å². The van der Waals surface area contributed by atoms with Crippen LogP contribution in [0.4, 0.5) is 0 Å². The first kappa shape index (κ1) is 18.8. The molecule has 0 aliphatic carbocycles. The van der Waals surface area contributed by atoms with Crippen molar-refractivity contribution in [2.75, 3.05) is 19.7 Å². The average Bonchev–Trinajstić information content (AvgIpc) is 2.85. The highest BCUT2D eigenvalue weighted by Gasteiger charge is 2.39. The highest BCUT2D eigenvalue weighted by Crippen LogP contribution is 2.28. The number of hydrogen-bond acceptors (Lipinski definition) is 4. The van der Waals surface area contributed by atoms with Gasteiger partial charge >= 0.3 is 0 Å². The van der Waals surface area contributed by atoms with Gasteiger partial charge in [-0.3, -0.25) is 4.90 Å². The first-order valence-corrected chi connectivity index (χ1v) is 10.6. The van der Waals surface area contributed by atoms with Gasteiger partial charge in [0.05, 0.1) is 17.6 Å². The van der Waals surface area contributed by atoms with Gasteiger partial charge < -0.3 is 4.74 Å². The Bertz CT molecular complexity index is 722. The van der Waals surface area contributed by atoms with Crippen LogP contribution >= 0.6 is 0 Å². The van der Waals surface area contributed by atoms with E-state index in [2.05, 4.69) is 23.5 Å². The molecule has 1 N–H and O–H groups in total. The molecule has 0 unspecified atom stereocenters. The Morgan fingerprint density at radius 3 is 2.40 bits per heavy atom. The molecule has 2 heterocycles. The second-order valence-electron chi connectivity index (χ2n) is 8.01. The Morgan fingerprint density at radius 1 is 1.16 bits per heavy atom. The minimum absolute atomic E-state index is 0.0513. The number of benzene rings is 1. The highest BCUT2D eigenvalue weighted by molar-refractivity contribution is 7.89. The normalized spacial score (nSPS) is 27.7. The van der Waals surface area contributed by atoms with Crippen LogP contribution in [0, 0.1) is 26.7 Å². The molecule has 3 rings (SSSR count). The zero-order valence-corrected chi connectivity index (χ0v) is 16.7. The van der Waals surface area contributed by atoms with Crippen molar-refractivity contribution in [3.8, 4) is 0 Å². The van der Waals surface area contributed by atoms with E-state index in [9.17, 15) is 8.42 Å². The van der Waals surface area contributed by atoms with Crippen molar-refractivity contribution >= 4 is 10.0 Å². The zero-order chi connectivity index (χ0) is 18.4. The first-order valence-electron chi connectivity index (χ1n) is 9.13. The molecule has 3 atom stereocenters. The van der Waals surface area contributed by atoms with Gasteiger partial charge in [0.2, 0.25) is 10.0 Å². The van der Waals surface area contributed by atoms with Crippen LogP contribution in [-0.2, 0) is 14.8 Å². The molecule has 1 aromatic carbocycles. The maximum absolute atomic E-state index is 13.0. The topological polar surface area (TPSA) is 58.6 Å². The largest absolute Gasteiger partial charge is 0.375 e. The molecular formula is C19H30N2O3S. The minimum Gasteiger partial charge on any atom is -0.375 e. The maximum Gasteiger partial charge on any atom is 0.241 e. The van der Waals surface area contributed by atoms with Crippen LogP contribution in [0.1, 0.15) is 37.0 Å². The third-order valence-corrected chi connectivity index (χ3v) is 7.21. The fraction of sp³-hybridized carbons (Fsp3) is 0.684. The number of nitrogens with zero attached hydrogens (tertiary/aromatic N) is 1. The molecule has 6 heteroatoms. The van der Waals surface area contributed by atoms with E-state index in [0.717, 1.165) is 36.2 Å². The van der Waals surface area contributed by atoms with Gasteiger partial charge in [-0.1, -0.05) is 31.5 Å². The van der Waals surface area contributed by atoms with Gasteiger partial charge in [-0.15, -0.1) is 0 Å². The predicted octanol–water partition coefficient (Wildman–Crippen LogP) is 2.39. The molecule has 0 radical (unpaired) electrons. The Labute approximate surface area is 151 Å². The molecule has 0 bridgehead atoms. The maximum atomic E-state index is 13.0. The number of morpholine rings is 1. The van der Waals surface area contributed by atoms with Crippen LogP contribution in [0.3, 0.4) is 0 Å². The van der Waals surface area contributed by atoms with Crippen molar-refractivity contribution in [3.63, 3.8) is 0 Å². The van der Waals surface area contributed by atoms with E-state index in [1.807, 2.05) is 32.9 Å². The third-order valence-electron chi connectivity index (χ3n) is 5.38. The SMILES string of the molecule is Cc1cc(C)c(S(=O)(=O)N[C@H]2C[C@H]3CO[C@@H](C(C)C)CN3C2)c(C)c1. The third kappa shape index (κ3) is 3.92. The second kappa shape index (κ2) is 6.99. The van der Waals surface area contributed by atoms with E-state index >= 15 is 0 Å². The first-order chi connectivity index (χ1) is 11.7. The van der Waals surface area contributed by atoms with Gasteiger partial charge in [0, 0.05) is 25.2 Å². The van der Waals surface area contributed by atoms with Crippen LogP contribution in [0.2, 0.25) is 0 Å². The molecule has 5 nitrogen and oxygen atoms in total. The molecule has 2 aliphatic heterocycles. The average molecular weight is 367 g/mol. The van der Waals surface area contributed by atoms with Crippen molar-refractivity contribution in [2.24, 2.45) is 5.92 Å². The lowest BCUT2D eigenvalue weighted by Crippen LogP contribution is -2.48. The van der Waals surface area contributed by atoms with Gasteiger partial charge in [0.25, 0.3) is 0 Å². The standard InChI is InChI=1S/C19H30N2O3S/c1-12(2)18-10-21-9-16(8-17(21)11-24-18)20-25(22,23)19-14(4)6-13(3)7-15(19)5/h6-7,12,16-18,20H,8-11H2,1-5H3/t16-,17-,18+/m0/s1. The molecule has 2 fully saturated rings. The van der Waals surface area contributed by atoms with E-state index < -0.39 is 10.0 Å². The lowest BCUT2D eigenvalue weighted by molar-refractivity contribution is -0.0683. The number of aryl methyl sites for hydroxylation is 3. The van der Waals surface area contributed by atoms with Gasteiger partial charge in [-0.2, -0.15) is 0 Å². The minimum atomic E-state index is -3.51. The monoisotopic (exact) mass is 366 g/mol. The summed E-state index contributed by atoms with van der Waals surface area (Å²) in [5, 5.41) is 0. The summed E-state index contributed by atoms with van der Waals surface area (Å²) in [5.41, 5.74) is 2.71. The molecule has 25 heavy (non-hydrogen) atoms. The van der Waals surface area contributed by atoms with Crippen LogP contribution in [0.5, 0.6) is 0 Å². The van der Waals surface area contributed by atoms with Gasteiger partial charge in [0.1, 0.15) is 0 Å². The molecule has 1 aromatic rings. The zero-order valence-electron chi connectivity index (χ0n) is 15.9. The number of fused-ring (bicyclic) bond motifs is 1. The summed E-state index contributed by atoms with van der Waals surface area (Å²) >= 11 is 0. The molecular weight excluding hydrogens is 336 g/mol. The van der Waals surface area contributed by atoms with Crippen LogP contribution < -0.4 is 4.72 Å². The lowest BCUT2D eigenvalue weighted by Gasteiger charge is -2.36. The Balaban J connectivity index is 1.73. The summed E-state index contributed by atoms with van der Waals surface area (Å²) in [6.45, 7) is 12.4. The summed E-state index contributed by atoms with van der Waals surface area (Å²) < 4.78 is 34.8. The quantitative estimate of drug-likeness (QED) is 0.889. The van der Waals surface area contributed by atoms with Crippen molar-refractivity contribution < 1.29 is 13.2 Å². The highest BCUT2D eigenvalue weighted by atomic mass is 32.2. The molecule has 0 aromatic heterocycles. The summed E-state index contributed by atoms with van der Waals surface area (Å²) in [4.78, 5) is 2.82. The number of rotatable bonds is 4. The van der Waals surface area contributed by atoms with Crippen molar-refractivity contribution in [3.05, 3.63) is 28.8 Å². The Hall–Kier alpha value is -0.950. The van der Waals surface area contributed by atoms with E-state index in [-0.39, 0.29) is 12.1 Å². The fourth-order valence-corrected chi connectivity index (χ4v) is 5.95. The molecule has 140 valence electrons.